The molecule has 6 rings (SSSR count). The lowest BCUT2D eigenvalue weighted by Gasteiger charge is -2.47. The fraction of sp³-hybridized carbons (Fsp3) is 0.395. The molecule has 0 unspecified atom stereocenters. The highest BCUT2D eigenvalue weighted by Crippen LogP contribution is 2.39. The number of nitrogens with zero attached hydrogens (tertiary/aromatic N) is 2. The molecule has 302 valence electrons. The quantitative estimate of drug-likeness (QED) is 0.0842. The first-order chi connectivity index (χ1) is 27.3. The maximum absolute atomic E-state index is 15.3. The number of hydrogen-bond acceptors (Lipinski definition) is 7. The van der Waals surface area contributed by atoms with Crippen LogP contribution in [0, 0.1) is 11.6 Å². The van der Waals surface area contributed by atoms with E-state index < -0.39 is 23.5 Å². The third-order valence-corrected chi connectivity index (χ3v) is 11.9. The predicted octanol–water partition coefficient (Wildman–Crippen LogP) is 7.27. The number of anilines is 2. The van der Waals surface area contributed by atoms with Crippen LogP contribution in [0.25, 0.3) is 0 Å². The number of urea groups is 1. The number of fused-ring (bicyclic) bond motifs is 1. The average molecular weight is 802 g/mol. The van der Waals surface area contributed by atoms with Crippen molar-refractivity contribution < 1.29 is 38.2 Å². The Balaban J connectivity index is 1.12. The minimum absolute atomic E-state index is 0.0359. The smallest absolute Gasteiger partial charge is 0.335 e. The lowest BCUT2D eigenvalue weighted by Crippen LogP contribution is -2.61. The summed E-state index contributed by atoms with van der Waals surface area (Å²) in [6.07, 6.45) is 4.91. The molecule has 1 saturated heterocycles. The van der Waals surface area contributed by atoms with Gasteiger partial charge in [0.25, 0.3) is 11.8 Å². The van der Waals surface area contributed by atoms with Gasteiger partial charge in [0.1, 0.15) is 16.6 Å². The second-order valence-electron chi connectivity index (χ2n) is 15.3. The highest BCUT2D eigenvalue weighted by Gasteiger charge is 2.35. The second kappa shape index (κ2) is 18.4. The Hall–Kier alpha value is -5.18. The van der Waals surface area contributed by atoms with Crippen molar-refractivity contribution in [2.45, 2.75) is 77.3 Å². The zero-order valence-electron chi connectivity index (χ0n) is 32.3. The van der Waals surface area contributed by atoms with E-state index in [0.717, 1.165) is 59.4 Å². The van der Waals surface area contributed by atoms with Gasteiger partial charge in [0.05, 0.1) is 11.1 Å². The highest BCUT2D eigenvalue weighted by molar-refractivity contribution is 7.17. The van der Waals surface area contributed by atoms with Crippen molar-refractivity contribution in [2.75, 3.05) is 43.4 Å². The number of aliphatic hydroxyl groups excluding tert-OH is 1. The van der Waals surface area contributed by atoms with Crippen molar-refractivity contribution in [1.82, 2.24) is 15.1 Å². The Labute approximate surface area is 335 Å². The van der Waals surface area contributed by atoms with Crippen molar-refractivity contribution >= 4 is 45.8 Å². The summed E-state index contributed by atoms with van der Waals surface area (Å²) in [7, 11) is 0. The van der Waals surface area contributed by atoms with Crippen LogP contribution in [-0.4, -0.2) is 82.2 Å². The van der Waals surface area contributed by atoms with Gasteiger partial charge < -0.3 is 31.1 Å². The number of aromatic carboxylic acids is 1. The van der Waals surface area contributed by atoms with E-state index in [2.05, 4.69) is 34.7 Å². The summed E-state index contributed by atoms with van der Waals surface area (Å²) in [5.74, 6) is -3.63. The summed E-state index contributed by atoms with van der Waals surface area (Å²) in [6.45, 7) is 7.08. The molecule has 3 aromatic carbocycles. The van der Waals surface area contributed by atoms with Crippen molar-refractivity contribution in [3.63, 3.8) is 0 Å². The van der Waals surface area contributed by atoms with Gasteiger partial charge in [-0.2, -0.15) is 0 Å². The third kappa shape index (κ3) is 10.2. The van der Waals surface area contributed by atoms with Crippen LogP contribution in [0.3, 0.4) is 0 Å². The predicted molar refractivity (Wildman–Crippen MR) is 216 cm³/mol. The molecule has 1 fully saturated rings. The molecule has 0 spiro atoms. The van der Waals surface area contributed by atoms with Gasteiger partial charge in [-0.05, 0) is 118 Å². The van der Waals surface area contributed by atoms with Crippen LogP contribution in [0.15, 0.2) is 60.7 Å². The van der Waals surface area contributed by atoms with E-state index in [1.54, 1.807) is 18.2 Å². The zero-order chi connectivity index (χ0) is 40.7. The first kappa shape index (κ1) is 41.5. The average Bonchev–Trinajstić information content (AvgIpc) is 3.55. The number of carbonyl (C=O) groups is 4. The molecule has 14 heteroatoms. The summed E-state index contributed by atoms with van der Waals surface area (Å²) in [5, 5.41) is 27.1. The number of unbranched alkanes of at least 4 members (excludes halogenated alkanes) is 1. The van der Waals surface area contributed by atoms with E-state index in [4.69, 9.17) is 10.2 Å². The summed E-state index contributed by atoms with van der Waals surface area (Å²) in [4.78, 5) is 56.6. The van der Waals surface area contributed by atoms with Gasteiger partial charge in [-0.25, -0.2) is 18.4 Å². The van der Waals surface area contributed by atoms with Crippen LogP contribution in [-0.2, 0) is 32.2 Å². The summed E-state index contributed by atoms with van der Waals surface area (Å²) in [5.41, 5.74) is 2.80. The number of amides is 4. The molecule has 11 nitrogen and oxygen atoms in total. The fourth-order valence-electron chi connectivity index (χ4n) is 7.49. The van der Waals surface area contributed by atoms with Crippen LogP contribution in [0.1, 0.15) is 97.7 Å². The molecule has 0 bridgehead atoms. The number of halogens is 2. The molecule has 1 aromatic heterocycles. The molecule has 4 amide bonds. The molecule has 0 saturated carbocycles. The van der Waals surface area contributed by atoms with Gasteiger partial charge in [-0.3, -0.25) is 14.5 Å². The number of carboxylic acid groups (broad SMARTS) is 1. The van der Waals surface area contributed by atoms with E-state index in [9.17, 15) is 19.2 Å². The number of aliphatic hydroxyl groups is 1. The monoisotopic (exact) mass is 801 g/mol. The second-order valence-corrected chi connectivity index (χ2v) is 16.4. The number of carbonyl (C=O) groups excluding carboxylic acids is 3. The molecule has 0 radical (unpaired) electrons. The first-order valence-corrected chi connectivity index (χ1v) is 20.2. The number of nitrogens with one attached hydrogen (secondary N) is 3. The summed E-state index contributed by atoms with van der Waals surface area (Å²) >= 11 is 1.35. The maximum Gasteiger partial charge on any atom is 0.335 e. The molecule has 4 aromatic rings. The van der Waals surface area contributed by atoms with E-state index in [1.807, 2.05) is 23.1 Å². The lowest BCUT2D eigenvalue weighted by atomic mass is 9.95. The molecule has 2 heterocycles. The standard InChI is InChI=1S/C43H49F2N5O6S/c1-43(2)26-49(42(56)46-18-5-6-21-51)19-20-50(43)25-28-8-7-9-30(22-28)38(52)48-40-37(33-10-3-4-11-36(33)57-40)39(53)47-31-23-34(44)32(35(45)24-31)17-14-27-12-15-29(16-13-27)41(54)55/h7-9,12-13,15-16,22-24,51H,3-6,10-11,14,17-21,25-26H2,1-2H3,(H,46,56)(H,47,53)(H,48,52)(H,54,55). The molecular formula is C43H49F2N5O6S. The minimum Gasteiger partial charge on any atom is -0.478 e. The Bertz CT molecular complexity index is 2100. The SMILES string of the molecule is CC1(C)CN(C(=O)NCCCCO)CCN1Cc1cccc(C(=O)Nc2sc3c(c2C(=O)Nc2cc(F)c(CCc4ccc(C(=O)O)cc4)c(F)c2)CCCC3)c1. The Morgan fingerprint density at radius 1 is 0.842 bits per heavy atom. The van der Waals surface area contributed by atoms with Crippen LogP contribution >= 0.6 is 11.3 Å². The molecule has 1 aliphatic carbocycles. The van der Waals surface area contributed by atoms with Gasteiger partial charge in [0, 0.05) is 66.6 Å². The van der Waals surface area contributed by atoms with Gasteiger partial charge in [0.15, 0.2) is 0 Å². The van der Waals surface area contributed by atoms with Crippen LogP contribution in [0.5, 0.6) is 0 Å². The van der Waals surface area contributed by atoms with E-state index >= 15 is 8.78 Å². The summed E-state index contributed by atoms with van der Waals surface area (Å²) in [6, 6.07) is 15.5. The third-order valence-electron chi connectivity index (χ3n) is 10.7. The van der Waals surface area contributed by atoms with Crippen LogP contribution in [0.2, 0.25) is 0 Å². The van der Waals surface area contributed by atoms with Crippen molar-refractivity contribution in [1.29, 1.82) is 0 Å². The Morgan fingerprint density at radius 2 is 1.58 bits per heavy atom. The largest absolute Gasteiger partial charge is 0.478 e. The zero-order valence-corrected chi connectivity index (χ0v) is 33.1. The number of thiophene rings is 1. The highest BCUT2D eigenvalue weighted by atomic mass is 32.1. The molecule has 1 aliphatic heterocycles. The molecule has 2 aliphatic rings. The van der Waals surface area contributed by atoms with E-state index in [-0.39, 0.29) is 53.7 Å². The van der Waals surface area contributed by atoms with Crippen molar-refractivity contribution in [3.8, 4) is 0 Å². The summed E-state index contributed by atoms with van der Waals surface area (Å²) < 4.78 is 30.5. The Morgan fingerprint density at radius 3 is 2.28 bits per heavy atom. The molecule has 5 N–H and O–H groups in total. The van der Waals surface area contributed by atoms with E-state index in [0.29, 0.717) is 61.7 Å². The van der Waals surface area contributed by atoms with E-state index in [1.165, 1.54) is 23.5 Å². The van der Waals surface area contributed by atoms with Gasteiger partial charge in [-0.15, -0.1) is 11.3 Å². The molecule has 0 atom stereocenters. The molecular weight excluding hydrogens is 753 g/mol. The number of carboxylic acids is 1. The number of rotatable bonds is 14. The number of hydrogen-bond donors (Lipinski definition) is 5. The van der Waals surface area contributed by atoms with Crippen LogP contribution in [0.4, 0.5) is 24.3 Å². The van der Waals surface area contributed by atoms with Crippen LogP contribution < -0.4 is 16.0 Å². The normalized spacial score (nSPS) is 15.1. The van der Waals surface area contributed by atoms with Gasteiger partial charge in [0.2, 0.25) is 0 Å². The number of aryl methyl sites for hydroxylation is 2. The topological polar surface area (TPSA) is 151 Å². The van der Waals surface area contributed by atoms with Gasteiger partial charge in [-0.1, -0.05) is 24.3 Å². The first-order valence-electron chi connectivity index (χ1n) is 19.4. The Kier molecular flexibility index (Phi) is 13.4. The van der Waals surface area contributed by atoms with Crippen molar-refractivity contribution in [3.05, 3.63) is 116 Å². The molecule has 57 heavy (non-hydrogen) atoms. The van der Waals surface area contributed by atoms with Gasteiger partial charge >= 0.3 is 12.0 Å². The number of piperazine rings is 1. The minimum atomic E-state index is -1.06. The number of benzene rings is 3. The maximum atomic E-state index is 15.3. The fourth-order valence-corrected chi connectivity index (χ4v) is 8.77. The lowest BCUT2D eigenvalue weighted by molar-refractivity contribution is 0.0297. The van der Waals surface area contributed by atoms with Crippen molar-refractivity contribution in [2.24, 2.45) is 0 Å².